The van der Waals surface area contributed by atoms with Crippen LogP contribution in [0.4, 0.5) is 5.69 Å². The van der Waals surface area contributed by atoms with E-state index in [1.807, 2.05) is 13.8 Å². The summed E-state index contributed by atoms with van der Waals surface area (Å²) in [5.41, 5.74) is 0.718. The van der Waals surface area contributed by atoms with Gasteiger partial charge in [0.05, 0.1) is 17.3 Å². The standard InChI is InChI=1S/C19H21Cl2N3O3/c1-3-10-24(19(26)14-6-5-9-22-18(14)27-4-2)12-17(25)23-16-11-13(20)7-8-15(16)21/h5-9,11H,3-4,10,12H2,1-2H3,(H,23,25). The third-order valence-corrected chi connectivity index (χ3v) is 4.17. The van der Waals surface area contributed by atoms with Crippen LogP contribution in [0.15, 0.2) is 36.5 Å². The molecule has 0 unspecified atom stereocenters. The van der Waals surface area contributed by atoms with Gasteiger partial charge in [-0.1, -0.05) is 30.1 Å². The van der Waals surface area contributed by atoms with E-state index in [1.54, 1.807) is 36.5 Å². The van der Waals surface area contributed by atoms with Gasteiger partial charge in [0.1, 0.15) is 12.1 Å². The van der Waals surface area contributed by atoms with Gasteiger partial charge in [0.2, 0.25) is 11.8 Å². The Kier molecular flexibility index (Phi) is 7.88. The van der Waals surface area contributed by atoms with Crippen LogP contribution in [0.3, 0.4) is 0 Å². The van der Waals surface area contributed by atoms with Gasteiger partial charge in [-0.15, -0.1) is 0 Å². The number of ether oxygens (including phenoxy) is 1. The zero-order valence-corrected chi connectivity index (χ0v) is 16.7. The second kappa shape index (κ2) is 10.1. The third kappa shape index (κ3) is 5.84. The molecule has 1 heterocycles. The van der Waals surface area contributed by atoms with Crippen molar-refractivity contribution in [3.63, 3.8) is 0 Å². The number of hydrogen-bond acceptors (Lipinski definition) is 4. The van der Waals surface area contributed by atoms with Gasteiger partial charge in [0.15, 0.2) is 0 Å². The number of amides is 2. The summed E-state index contributed by atoms with van der Waals surface area (Å²) in [6.07, 6.45) is 2.25. The summed E-state index contributed by atoms with van der Waals surface area (Å²) in [7, 11) is 0. The molecular formula is C19H21Cl2N3O3. The first kappa shape index (κ1) is 21.0. The van der Waals surface area contributed by atoms with Gasteiger partial charge in [0, 0.05) is 17.8 Å². The van der Waals surface area contributed by atoms with Crippen LogP contribution in [-0.4, -0.2) is 41.4 Å². The third-order valence-electron chi connectivity index (χ3n) is 3.60. The number of carbonyl (C=O) groups excluding carboxylic acids is 2. The molecule has 2 rings (SSSR count). The molecule has 27 heavy (non-hydrogen) atoms. The average Bonchev–Trinajstić information content (AvgIpc) is 2.64. The minimum absolute atomic E-state index is 0.129. The average molecular weight is 410 g/mol. The molecule has 0 spiro atoms. The van der Waals surface area contributed by atoms with Crippen molar-refractivity contribution in [1.29, 1.82) is 0 Å². The Hall–Kier alpha value is -2.31. The fourth-order valence-electron chi connectivity index (χ4n) is 2.45. The second-order valence-electron chi connectivity index (χ2n) is 5.69. The van der Waals surface area contributed by atoms with Crippen LogP contribution in [0.1, 0.15) is 30.6 Å². The van der Waals surface area contributed by atoms with E-state index in [-0.39, 0.29) is 24.2 Å². The van der Waals surface area contributed by atoms with Gasteiger partial charge >= 0.3 is 0 Å². The Bertz CT molecular complexity index is 815. The lowest BCUT2D eigenvalue weighted by Gasteiger charge is -2.22. The van der Waals surface area contributed by atoms with Crippen molar-refractivity contribution in [2.24, 2.45) is 0 Å². The largest absolute Gasteiger partial charge is 0.477 e. The molecule has 1 N–H and O–H groups in total. The smallest absolute Gasteiger partial charge is 0.259 e. The number of hydrogen-bond donors (Lipinski definition) is 1. The first-order valence-corrected chi connectivity index (χ1v) is 9.33. The molecule has 144 valence electrons. The van der Waals surface area contributed by atoms with E-state index >= 15 is 0 Å². The van der Waals surface area contributed by atoms with Crippen LogP contribution in [0.25, 0.3) is 0 Å². The molecule has 0 saturated carbocycles. The van der Waals surface area contributed by atoms with Crippen molar-refractivity contribution in [2.75, 3.05) is 25.0 Å². The zero-order valence-electron chi connectivity index (χ0n) is 15.2. The topological polar surface area (TPSA) is 71.5 Å². The maximum atomic E-state index is 12.9. The lowest BCUT2D eigenvalue weighted by atomic mass is 10.2. The maximum absolute atomic E-state index is 12.9. The highest BCUT2D eigenvalue weighted by atomic mass is 35.5. The van der Waals surface area contributed by atoms with E-state index in [1.165, 1.54) is 4.90 Å². The lowest BCUT2D eigenvalue weighted by Crippen LogP contribution is -2.38. The Morgan fingerprint density at radius 1 is 1.22 bits per heavy atom. The number of aromatic nitrogens is 1. The SMILES string of the molecule is CCCN(CC(=O)Nc1cc(Cl)ccc1Cl)C(=O)c1cccnc1OCC. The van der Waals surface area contributed by atoms with E-state index in [4.69, 9.17) is 27.9 Å². The highest BCUT2D eigenvalue weighted by molar-refractivity contribution is 6.35. The highest BCUT2D eigenvalue weighted by Crippen LogP contribution is 2.25. The number of pyridine rings is 1. The van der Waals surface area contributed by atoms with Gasteiger partial charge in [-0.05, 0) is 43.7 Å². The minimum atomic E-state index is -0.372. The normalized spacial score (nSPS) is 10.4. The molecule has 0 aliphatic carbocycles. The monoisotopic (exact) mass is 409 g/mol. The predicted octanol–water partition coefficient (Wildman–Crippen LogP) is 4.28. The first-order valence-electron chi connectivity index (χ1n) is 8.58. The van der Waals surface area contributed by atoms with Gasteiger partial charge in [-0.3, -0.25) is 9.59 Å². The highest BCUT2D eigenvalue weighted by Gasteiger charge is 2.22. The van der Waals surface area contributed by atoms with Crippen molar-refractivity contribution >= 4 is 40.7 Å². The molecule has 0 aliphatic rings. The summed E-state index contributed by atoms with van der Waals surface area (Å²) in [4.78, 5) is 30.9. The van der Waals surface area contributed by atoms with Crippen molar-refractivity contribution < 1.29 is 14.3 Å². The summed E-state index contributed by atoms with van der Waals surface area (Å²) >= 11 is 12.0. The molecule has 2 aromatic rings. The van der Waals surface area contributed by atoms with Gasteiger partial charge in [-0.2, -0.15) is 0 Å². The minimum Gasteiger partial charge on any atom is -0.477 e. The second-order valence-corrected chi connectivity index (χ2v) is 6.53. The molecule has 2 amide bonds. The fourth-order valence-corrected chi connectivity index (χ4v) is 2.79. The summed E-state index contributed by atoms with van der Waals surface area (Å²) < 4.78 is 5.42. The van der Waals surface area contributed by atoms with Gasteiger partial charge in [0.25, 0.3) is 5.91 Å². The Morgan fingerprint density at radius 2 is 2.00 bits per heavy atom. The molecule has 8 heteroatoms. The molecule has 1 aromatic heterocycles. The van der Waals surface area contributed by atoms with E-state index < -0.39 is 0 Å². The maximum Gasteiger partial charge on any atom is 0.259 e. The van der Waals surface area contributed by atoms with Gasteiger partial charge < -0.3 is 15.0 Å². The molecule has 0 radical (unpaired) electrons. The van der Waals surface area contributed by atoms with E-state index in [0.717, 1.165) is 0 Å². The molecule has 0 atom stereocenters. The molecule has 0 fully saturated rings. The Labute approximate surface area is 168 Å². The van der Waals surface area contributed by atoms with Crippen molar-refractivity contribution in [3.05, 3.63) is 52.1 Å². The molecular weight excluding hydrogens is 389 g/mol. The molecule has 6 nitrogen and oxygen atoms in total. The van der Waals surface area contributed by atoms with E-state index in [0.29, 0.717) is 40.9 Å². The van der Waals surface area contributed by atoms with Crippen LogP contribution < -0.4 is 10.1 Å². The van der Waals surface area contributed by atoms with E-state index in [2.05, 4.69) is 10.3 Å². The summed E-state index contributed by atoms with van der Waals surface area (Å²) in [5, 5.41) is 3.51. The number of rotatable bonds is 8. The summed E-state index contributed by atoms with van der Waals surface area (Å²) in [5.74, 6) is -0.437. The number of carbonyl (C=O) groups is 2. The molecule has 0 saturated heterocycles. The summed E-state index contributed by atoms with van der Waals surface area (Å²) in [6.45, 7) is 4.42. The van der Waals surface area contributed by atoms with Crippen LogP contribution >= 0.6 is 23.2 Å². The lowest BCUT2D eigenvalue weighted by molar-refractivity contribution is -0.116. The first-order chi connectivity index (χ1) is 13.0. The van der Waals surface area contributed by atoms with Crippen LogP contribution in [0.2, 0.25) is 10.0 Å². The number of anilines is 1. The molecule has 0 aliphatic heterocycles. The number of halogens is 2. The quantitative estimate of drug-likeness (QED) is 0.705. The number of nitrogens with zero attached hydrogens (tertiary/aromatic N) is 2. The van der Waals surface area contributed by atoms with Gasteiger partial charge in [-0.25, -0.2) is 4.98 Å². The molecule has 0 bridgehead atoms. The van der Waals surface area contributed by atoms with Crippen LogP contribution in [-0.2, 0) is 4.79 Å². The molecule has 1 aromatic carbocycles. The predicted molar refractivity (Wildman–Crippen MR) is 107 cm³/mol. The van der Waals surface area contributed by atoms with Crippen molar-refractivity contribution in [2.45, 2.75) is 20.3 Å². The number of benzene rings is 1. The van der Waals surface area contributed by atoms with E-state index in [9.17, 15) is 9.59 Å². The fraction of sp³-hybridized carbons (Fsp3) is 0.316. The van der Waals surface area contributed by atoms with Crippen molar-refractivity contribution in [3.8, 4) is 5.88 Å². The summed E-state index contributed by atoms with van der Waals surface area (Å²) in [6, 6.07) is 8.07. The number of nitrogens with one attached hydrogen (secondary N) is 1. The Balaban J connectivity index is 2.16. The zero-order chi connectivity index (χ0) is 19.8. The Morgan fingerprint density at radius 3 is 2.70 bits per heavy atom. The van der Waals surface area contributed by atoms with Crippen LogP contribution in [0, 0.1) is 0 Å². The van der Waals surface area contributed by atoms with Crippen molar-refractivity contribution in [1.82, 2.24) is 9.88 Å². The van der Waals surface area contributed by atoms with Crippen LogP contribution in [0.5, 0.6) is 5.88 Å².